The van der Waals surface area contributed by atoms with Crippen LogP contribution in [0.3, 0.4) is 0 Å². The highest BCUT2D eigenvalue weighted by atomic mass is 16.5. The zero-order chi connectivity index (χ0) is 13.5. The molecule has 0 radical (unpaired) electrons. The quantitative estimate of drug-likeness (QED) is 0.758. The number of likely N-dealkylation sites (tertiary alicyclic amines) is 1. The molecule has 106 valence electrons. The number of ether oxygens (including phenoxy) is 1. The second kappa shape index (κ2) is 7.62. The first-order chi connectivity index (χ1) is 8.58. The summed E-state index contributed by atoms with van der Waals surface area (Å²) in [6, 6.07) is 0.359. The summed E-state index contributed by atoms with van der Waals surface area (Å²) in [6.45, 7) is 10.7. The highest BCUT2D eigenvalue weighted by Crippen LogP contribution is 2.18. The van der Waals surface area contributed by atoms with Gasteiger partial charge in [-0.25, -0.2) is 4.79 Å². The predicted octanol–water partition coefficient (Wildman–Crippen LogP) is 2.59. The van der Waals surface area contributed by atoms with E-state index in [1.165, 1.54) is 20.1 Å². The first-order valence-corrected chi connectivity index (χ1v) is 7.15. The van der Waals surface area contributed by atoms with Crippen molar-refractivity contribution in [2.24, 2.45) is 5.92 Å². The fourth-order valence-electron chi connectivity index (χ4n) is 2.55. The summed E-state index contributed by atoms with van der Waals surface area (Å²) < 4.78 is 4.84. The third-order valence-electron chi connectivity index (χ3n) is 3.77. The Kier molecular flexibility index (Phi) is 6.47. The summed E-state index contributed by atoms with van der Waals surface area (Å²) in [5.74, 6) is 0.768. The fraction of sp³-hybridized carbons (Fsp3) is 0.929. The van der Waals surface area contributed by atoms with Gasteiger partial charge in [0.2, 0.25) is 0 Å². The standard InChI is InChI=1S/C14H28N2O2/c1-5-16(14(17)18-4)13-7-10-15(11-8-13)9-6-12(2)3/h12-13H,5-11H2,1-4H3. The average Bonchev–Trinajstić information content (AvgIpc) is 2.38. The molecular weight excluding hydrogens is 228 g/mol. The van der Waals surface area contributed by atoms with Gasteiger partial charge in [0.15, 0.2) is 0 Å². The Morgan fingerprint density at radius 1 is 1.39 bits per heavy atom. The van der Waals surface area contributed by atoms with Crippen molar-refractivity contribution >= 4 is 6.09 Å². The van der Waals surface area contributed by atoms with Crippen molar-refractivity contribution in [1.29, 1.82) is 0 Å². The molecule has 0 aromatic rings. The maximum atomic E-state index is 11.6. The Balaban J connectivity index is 2.35. The summed E-state index contributed by atoms with van der Waals surface area (Å²) in [5, 5.41) is 0. The number of amides is 1. The molecule has 0 N–H and O–H groups in total. The van der Waals surface area contributed by atoms with Gasteiger partial charge < -0.3 is 14.5 Å². The first kappa shape index (κ1) is 15.3. The molecule has 4 heteroatoms. The lowest BCUT2D eigenvalue weighted by Gasteiger charge is -2.37. The van der Waals surface area contributed by atoms with E-state index in [4.69, 9.17) is 4.74 Å². The number of piperidine rings is 1. The minimum Gasteiger partial charge on any atom is -0.453 e. The molecule has 0 spiro atoms. The smallest absolute Gasteiger partial charge is 0.409 e. The lowest BCUT2D eigenvalue weighted by Crippen LogP contribution is -2.47. The van der Waals surface area contributed by atoms with Gasteiger partial charge in [-0.1, -0.05) is 13.8 Å². The second-order valence-electron chi connectivity index (χ2n) is 5.51. The summed E-state index contributed by atoms with van der Waals surface area (Å²) in [4.78, 5) is 16.0. The highest BCUT2D eigenvalue weighted by molar-refractivity contribution is 5.67. The highest BCUT2D eigenvalue weighted by Gasteiger charge is 2.27. The van der Waals surface area contributed by atoms with E-state index in [0.717, 1.165) is 38.4 Å². The van der Waals surface area contributed by atoms with E-state index in [1.807, 2.05) is 11.8 Å². The van der Waals surface area contributed by atoms with Crippen molar-refractivity contribution in [2.75, 3.05) is 33.3 Å². The van der Waals surface area contributed by atoms with Crippen molar-refractivity contribution in [3.63, 3.8) is 0 Å². The van der Waals surface area contributed by atoms with Crippen molar-refractivity contribution in [2.45, 2.75) is 46.1 Å². The van der Waals surface area contributed by atoms with E-state index in [9.17, 15) is 4.79 Å². The number of carbonyl (C=O) groups excluding carboxylic acids is 1. The monoisotopic (exact) mass is 256 g/mol. The van der Waals surface area contributed by atoms with Gasteiger partial charge >= 0.3 is 6.09 Å². The molecule has 1 fully saturated rings. The average molecular weight is 256 g/mol. The summed E-state index contributed by atoms with van der Waals surface area (Å²) in [6.07, 6.45) is 3.22. The molecule has 1 aliphatic rings. The summed E-state index contributed by atoms with van der Waals surface area (Å²) in [7, 11) is 1.46. The molecular formula is C14H28N2O2. The van der Waals surface area contributed by atoms with Crippen LogP contribution in [-0.4, -0.2) is 55.2 Å². The van der Waals surface area contributed by atoms with Gasteiger partial charge in [0.05, 0.1) is 7.11 Å². The number of rotatable bonds is 5. The van der Waals surface area contributed by atoms with Crippen molar-refractivity contribution in [3.05, 3.63) is 0 Å². The second-order valence-corrected chi connectivity index (χ2v) is 5.51. The molecule has 0 aromatic heterocycles. The molecule has 0 saturated carbocycles. The Hall–Kier alpha value is -0.770. The third kappa shape index (κ3) is 4.48. The zero-order valence-corrected chi connectivity index (χ0v) is 12.3. The van der Waals surface area contributed by atoms with Gasteiger partial charge in [-0.2, -0.15) is 0 Å². The Morgan fingerprint density at radius 2 is 2.00 bits per heavy atom. The van der Waals surface area contributed by atoms with Gasteiger partial charge in [-0.15, -0.1) is 0 Å². The lowest BCUT2D eigenvalue weighted by molar-refractivity contribution is 0.0799. The maximum Gasteiger partial charge on any atom is 0.409 e. The van der Waals surface area contributed by atoms with E-state index in [2.05, 4.69) is 18.7 Å². The van der Waals surface area contributed by atoms with Crippen LogP contribution in [0.2, 0.25) is 0 Å². The van der Waals surface area contributed by atoms with E-state index < -0.39 is 0 Å². The van der Waals surface area contributed by atoms with E-state index in [1.54, 1.807) is 0 Å². The minimum absolute atomic E-state index is 0.182. The topological polar surface area (TPSA) is 32.8 Å². The Labute approximate surface area is 111 Å². The molecule has 1 aliphatic heterocycles. The molecule has 0 unspecified atom stereocenters. The van der Waals surface area contributed by atoms with Crippen LogP contribution in [0.4, 0.5) is 4.79 Å². The van der Waals surface area contributed by atoms with Crippen LogP contribution in [0.15, 0.2) is 0 Å². The van der Waals surface area contributed by atoms with Crippen LogP contribution in [-0.2, 0) is 4.74 Å². The van der Waals surface area contributed by atoms with Crippen molar-refractivity contribution < 1.29 is 9.53 Å². The molecule has 1 rings (SSSR count). The zero-order valence-electron chi connectivity index (χ0n) is 12.3. The van der Waals surface area contributed by atoms with E-state index in [0.29, 0.717) is 6.04 Å². The van der Waals surface area contributed by atoms with Crippen LogP contribution < -0.4 is 0 Å². The van der Waals surface area contributed by atoms with Gasteiger partial charge in [0.1, 0.15) is 0 Å². The van der Waals surface area contributed by atoms with E-state index >= 15 is 0 Å². The van der Waals surface area contributed by atoms with Crippen molar-refractivity contribution in [1.82, 2.24) is 9.80 Å². The number of hydrogen-bond donors (Lipinski definition) is 0. The lowest BCUT2D eigenvalue weighted by atomic mass is 10.0. The number of nitrogens with zero attached hydrogens (tertiary/aromatic N) is 2. The molecule has 0 bridgehead atoms. The van der Waals surface area contributed by atoms with Gasteiger partial charge in [0, 0.05) is 25.7 Å². The number of hydrogen-bond acceptors (Lipinski definition) is 3. The first-order valence-electron chi connectivity index (χ1n) is 7.15. The Morgan fingerprint density at radius 3 is 2.44 bits per heavy atom. The Bertz CT molecular complexity index is 248. The molecule has 4 nitrogen and oxygen atoms in total. The maximum absolute atomic E-state index is 11.6. The van der Waals surface area contributed by atoms with Gasteiger partial charge in [-0.05, 0) is 38.6 Å². The predicted molar refractivity (Wildman–Crippen MR) is 73.7 cm³/mol. The van der Waals surface area contributed by atoms with Crippen molar-refractivity contribution in [3.8, 4) is 0 Å². The number of carbonyl (C=O) groups is 1. The summed E-state index contributed by atoms with van der Waals surface area (Å²) >= 11 is 0. The largest absolute Gasteiger partial charge is 0.453 e. The van der Waals surface area contributed by atoms with Crippen LogP contribution in [0.1, 0.15) is 40.0 Å². The van der Waals surface area contributed by atoms with Crippen LogP contribution >= 0.6 is 0 Å². The molecule has 0 aliphatic carbocycles. The minimum atomic E-state index is -0.182. The van der Waals surface area contributed by atoms with Crippen LogP contribution in [0, 0.1) is 5.92 Å². The summed E-state index contributed by atoms with van der Waals surface area (Å²) in [5.41, 5.74) is 0. The molecule has 18 heavy (non-hydrogen) atoms. The molecule has 0 aromatic carbocycles. The SMILES string of the molecule is CCN(C(=O)OC)C1CCN(CCC(C)C)CC1. The normalized spacial score (nSPS) is 18.1. The fourth-order valence-corrected chi connectivity index (χ4v) is 2.55. The molecule has 1 saturated heterocycles. The van der Waals surface area contributed by atoms with Gasteiger partial charge in [-0.3, -0.25) is 0 Å². The molecule has 0 atom stereocenters. The number of methoxy groups -OCH3 is 1. The van der Waals surface area contributed by atoms with Crippen LogP contribution in [0.25, 0.3) is 0 Å². The van der Waals surface area contributed by atoms with E-state index in [-0.39, 0.29) is 6.09 Å². The molecule has 1 heterocycles. The van der Waals surface area contributed by atoms with Gasteiger partial charge in [0.25, 0.3) is 0 Å². The van der Waals surface area contributed by atoms with Crippen LogP contribution in [0.5, 0.6) is 0 Å². The third-order valence-corrected chi connectivity index (χ3v) is 3.77. The molecule has 1 amide bonds.